The predicted octanol–water partition coefficient (Wildman–Crippen LogP) is 14.9. The Bertz CT molecular complexity index is 4200. The summed E-state index contributed by atoms with van der Waals surface area (Å²) >= 11 is 0. The van der Waals surface area contributed by atoms with Gasteiger partial charge < -0.3 is 4.40 Å². The minimum Gasteiger partial charge on any atom is -0.305 e. The molecule has 4 aromatic heterocycles. The quantitative estimate of drug-likeness (QED) is 0.173. The average molecular weight is 868 g/mol. The molecule has 0 aliphatic heterocycles. The molecule has 8 aliphatic rings. The molecule has 0 saturated heterocycles. The number of hydrogen-bond acceptors (Lipinski definition) is 2. The first-order valence-corrected chi connectivity index (χ1v) is 25.2. The van der Waals surface area contributed by atoms with Crippen molar-refractivity contribution in [3.05, 3.63) is 241 Å². The van der Waals surface area contributed by atoms with Crippen molar-refractivity contribution in [2.75, 3.05) is 0 Å². The van der Waals surface area contributed by atoms with E-state index in [2.05, 4.69) is 184 Å². The average Bonchev–Trinajstić information content (AvgIpc) is 4.10. The van der Waals surface area contributed by atoms with E-state index in [1.54, 1.807) is 0 Å². The van der Waals surface area contributed by atoms with Crippen molar-refractivity contribution in [3.8, 4) is 22.3 Å². The van der Waals surface area contributed by atoms with Gasteiger partial charge in [-0.3, -0.25) is 9.97 Å². The zero-order valence-electron chi connectivity index (χ0n) is 38.5. The standard InChI is InChI=1S/C65H45N3/c1-5-64(6-2)47-29-39-32-17-11-14-24-43(32)63(3,4)46(39)28-40(47)41-27-42-52-48(30-67-61-55(52)58-37-22-12-15-25-44(37)65(58)45-26-16-13-23-38(45)59(61)65)68-49-31-66-60-51-35-20-9-7-18-33(35)50(34-19-8-10-21-36(34)51)54(60)53(49)56(57(41)64)62(42)68/h7-31,50-51,58-59H,5-6H2,1-4H3. The van der Waals surface area contributed by atoms with E-state index in [0.717, 1.165) is 12.8 Å². The Kier molecular flexibility index (Phi) is 5.87. The molecule has 2 bridgehead atoms. The lowest BCUT2D eigenvalue weighted by Crippen LogP contribution is -2.52. The van der Waals surface area contributed by atoms with Crippen LogP contribution in [0.5, 0.6) is 0 Å². The van der Waals surface area contributed by atoms with E-state index in [9.17, 15) is 0 Å². The maximum Gasteiger partial charge on any atom is 0.0729 e. The Balaban J connectivity index is 1.04. The largest absolute Gasteiger partial charge is 0.305 e. The maximum absolute atomic E-state index is 5.68. The molecule has 19 rings (SSSR count). The molecule has 3 heteroatoms. The van der Waals surface area contributed by atoms with Crippen LogP contribution in [0, 0.1) is 0 Å². The minimum atomic E-state index is -0.189. The third-order valence-electron chi connectivity index (χ3n) is 19.7. The van der Waals surface area contributed by atoms with Gasteiger partial charge >= 0.3 is 0 Å². The lowest BCUT2D eigenvalue weighted by atomic mass is 9.43. The van der Waals surface area contributed by atoms with E-state index >= 15 is 0 Å². The number of rotatable bonds is 2. The summed E-state index contributed by atoms with van der Waals surface area (Å²) in [6, 6.07) is 54.3. The normalized spacial score (nSPS) is 23.1. The van der Waals surface area contributed by atoms with Gasteiger partial charge in [0, 0.05) is 55.5 Å². The minimum absolute atomic E-state index is 0.0687. The third kappa shape index (κ3) is 3.39. The van der Waals surface area contributed by atoms with Crippen LogP contribution < -0.4 is 0 Å². The zero-order valence-corrected chi connectivity index (χ0v) is 38.5. The summed E-state index contributed by atoms with van der Waals surface area (Å²) in [4.78, 5) is 11.4. The molecule has 0 fully saturated rings. The van der Waals surface area contributed by atoms with Crippen molar-refractivity contribution in [1.82, 2.24) is 14.4 Å². The van der Waals surface area contributed by atoms with Crippen LogP contribution in [0.1, 0.15) is 153 Å². The molecule has 68 heavy (non-hydrogen) atoms. The monoisotopic (exact) mass is 867 g/mol. The summed E-state index contributed by atoms with van der Waals surface area (Å²) in [6.07, 6.45) is 6.58. The van der Waals surface area contributed by atoms with Gasteiger partial charge in [-0.15, -0.1) is 0 Å². The Morgan fingerprint density at radius 3 is 1.69 bits per heavy atom. The van der Waals surface area contributed by atoms with Crippen molar-refractivity contribution >= 4 is 38.1 Å². The molecule has 0 amide bonds. The van der Waals surface area contributed by atoms with Crippen LogP contribution in [0.15, 0.2) is 152 Å². The van der Waals surface area contributed by atoms with Gasteiger partial charge in [0.25, 0.3) is 0 Å². The Morgan fingerprint density at radius 2 is 1.01 bits per heavy atom. The van der Waals surface area contributed by atoms with Crippen molar-refractivity contribution in [2.45, 2.75) is 80.5 Å². The Labute approximate surface area is 394 Å². The summed E-state index contributed by atoms with van der Waals surface area (Å²) in [5.41, 5.74) is 32.0. The SMILES string of the molecule is CCC1(CC)c2cc3c(cc2-c2cc4c5c6c(ncc5n5c7cnc8c(c7c(c21)c45)C1c2ccccc2C8c2ccccc21)C1c2ccccc2C12c1ccccc1C62)C(C)(C)c1ccccc1-3. The van der Waals surface area contributed by atoms with Crippen molar-refractivity contribution in [2.24, 2.45) is 0 Å². The van der Waals surface area contributed by atoms with E-state index < -0.39 is 0 Å². The first-order chi connectivity index (χ1) is 33.4. The van der Waals surface area contributed by atoms with Crippen LogP contribution in [-0.2, 0) is 16.2 Å². The second kappa shape index (κ2) is 11.1. The topological polar surface area (TPSA) is 30.2 Å². The predicted molar refractivity (Wildman–Crippen MR) is 273 cm³/mol. The molecule has 8 aliphatic carbocycles. The molecule has 11 aromatic rings. The first kappa shape index (κ1) is 35.8. The number of benzene rings is 7. The van der Waals surface area contributed by atoms with E-state index in [1.807, 2.05) is 0 Å². The van der Waals surface area contributed by atoms with Gasteiger partial charge in [-0.2, -0.15) is 0 Å². The highest BCUT2D eigenvalue weighted by atomic mass is 15.0. The molecule has 4 heterocycles. The second-order valence-electron chi connectivity index (χ2n) is 22.0. The maximum atomic E-state index is 5.68. The van der Waals surface area contributed by atoms with Gasteiger partial charge in [0.1, 0.15) is 0 Å². The molecule has 7 aromatic carbocycles. The highest BCUT2D eigenvalue weighted by Gasteiger charge is 2.70. The molecule has 3 unspecified atom stereocenters. The summed E-state index contributed by atoms with van der Waals surface area (Å²) in [7, 11) is 0. The van der Waals surface area contributed by atoms with E-state index in [1.165, 1.54) is 150 Å². The van der Waals surface area contributed by atoms with Crippen LogP contribution >= 0.6 is 0 Å². The van der Waals surface area contributed by atoms with Gasteiger partial charge in [0.2, 0.25) is 0 Å². The van der Waals surface area contributed by atoms with E-state index in [0.29, 0.717) is 0 Å². The lowest BCUT2D eigenvalue weighted by Gasteiger charge is -2.58. The van der Waals surface area contributed by atoms with Gasteiger partial charge in [-0.05, 0) is 131 Å². The summed E-state index contributed by atoms with van der Waals surface area (Å²) in [5.74, 6) is 0.699. The second-order valence-corrected chi connectivity index (χ2v) is 22.0. The lowest BCUT2D eigenvalue weighted by molar-refractivity contribution is 0.331. The molecular formula is C65H45N3. The summed E-state index contributed by atoms with van der Waals surface area (Å²) < 4.78 is 2.65. The Morgan fingerprint density at radius 1 is 0.471 bits per heavy atom. The highest BCUT2D eigenvalue weighted by Crippen LogP contribution is 2.78. The fraction of sp³-hybridized carbons (Fsp3) is 0.200. The van der Waals surface area contributed by atoms with Gasteiger partial charge in [-0.1, -0.05) is 149 Å². The van der Waals surface area contributed by atoms with Crippen LogP contribution in [0.3, 0.4) is 0 Å². The van der Waals surface area contributed by atoms with Gasteiger partial charge in [0.15, 0.2) is 0 Å². The number of fused-ring (bicyclic) bond motifs is 21. The smallest absolute Gasteiger partial charge is 0.0729 e. The van der Waals surface area contributed by atoms with Crippen molar-refractivity contribution in [3.63, 3.8) is 0 Å². The number of hydrogen-bond donors (Lipinski definition) is 0. The highest BCUT2D eigenvalue weighted by molar-refractivity contribution is 6.28. The van der Waals surface area contributed by atoms with Crippen LogP contribution in [0.25, 0.3) is 60.3 Å². The van der Waals surface area contributed by atoms with Crippen LogP contribution in [0.4, 0.5) is 0 Å². The molecule has 320 valence electrons. The van der Waals surface area contributed by atoms with Gasteiger partial charge in [0.05, 0.1) is 46.2 Å². The van der Waals surface area contributed by atoms with E-state index in [-0.39, 0.29) is 39.9 Å². The molecule has 0 saturated carbocycles. The molecule has 0 radical (unpaired) electrons. The number of aromatic nitrogens is 3. The van der Waals surface area contributed by atoms with Crippen LogP contribution in [-0.4, -0.2) is 14.4 Å². The molecule has 1 spiro atoms. The van der Waals surface area contributed by atoms with Crippen molar-refractivity contribution < 1.29 is 0 Å². The summed E-state index contributed by atoms with van der Waals surface area (Å²) in [6.45, 7) is 9.81. The van der Waals surface area contributed by atoms with Crippen LogP contribution in [0.2, 0.25) is 0 Å². The fourth-order valence-electron chi connectivity index (χ4n) is 17.2. The first-order valence-electron chi connectivity index (χ1n) is 25.2. The zero-order chi connectivity index (χ0) is 44.5. The molecule has 0 N–H and O–H groups in total. The van der Waals surface area contributed by atoms with Crippen molar-refractivity contribution in [1.29, 1.82) is 0 Å². The fourth-order valence-corrected chi connectivity index (χ4v) is 17.2. The number of pyridine rings is 2. The number of nitrogens with zero attached hydrogens (tertiary/aromatic N) is 3. The van der Waals surface area contributed by atoms with E-state index in [4.69, 9.17) is 9.97 Å². The molecular weight excluding hydrogens is 823 g/mol. The van der Waals surface area contributed by atoms with Gasteiger partial charge in [-0.25, -0.2) is 0 Å². The summed E-state index contributed by atoms with van der Waals surface area (Å²) in [5, 5.41) is 5.63. The third-order valence-corrected chi connectivity index (χ3v) is 19.7. The Hall–Kier alpha value is -7.36. The molecule has 3 atom stereocenters. The molecule has 3 nitrogen and oxygen atoms in total.